The summed E-state index contributed by atoms with van der Waals surface area (Å²) in [4.78, 5) is 11.9. The van der Waals surface area contributed by atoms with Crippen LogP contribution in [0.15, 0.2) is 23.1 Å². The van der Waals surface area contributed by atoms with E-state index in [9.17, 15) is 13.2 Å². The second kappa shape index (κ2) is 7.29. The molecule has 0 bridgehead atoms. The summed E-state index contributed by atoms with van der Waals surface area (Å²) < 4.78 is 22.5. The van der Waals surface area contributed by atoms with E-state index in [-0.39, 0.29) is 21.5 Å². The lowest BCUT2D eigenvalue weighted by molar-refractivity contribution is 0.0938. The fourth-order valence-corrected chi connectivity index (χ4v) is 2.69. The molecule has 4 nitrogen and oxygen atoms in total. The number of carbonyl (C=O) groups is 1. The van der Waals surface area contributed by atoms with Gasteiger partial charge in [-0.05, 0) is 31.5 Å². The minimum absolute atomic E-state index is 0.00483. The molecule has 0 fully saturated rings. The molecule has 0 aromatic heterocycles. The van der Waals surface area contributed by atoms with Crippen molar-refractivity contribution < 1.29 is 13.2 Å². The molecule has 112 valence electrons. The minimum Gasteiger partial charge on any atom is -0.350 e. The molecule has 0 aliphatic heterocycles. The van der Waals surface area contributed by atoms with Gasteiger partial charge in [-0.15, -0.1) is 0 Å². The monoisotopic (exact) mass is 337 g/mol. The summed E-state index contributed by atoms with van der Waals surface area (Å²) in [7, 11) is 1.37. The zero-order chi connectivity index (χ0) is 15.3. The van der Waals surface area contributed by atoms with Crippen LogP contribution in [0.5, 0.6) is 0 Å². The summed E-state index contributed by atoms with van der Waals surface area (Å²) in [6.45, 7) is 3.96. The van der Waals surface area contributed by atoms with E-state index < -0.39 is 15.0 Å². The molecular formula is C13H17Cl2NO3S. The highest BCUT2D eigenvalue weighted by atomic mass is 35.7. The molecule has 7 heteroatoms. The third-order valence-corrected chi connectivity index (χ3v) is 4.51. The van der Waals surface area contributed by atoms with Gasteiger partial charge < -0.3 is 5.32 Å². The van der Waals surface area contributed by atoms with Crippen molar-refractivity contribution in [3.05, 3.63) is 28.8 Å². The summed E-state index contributed by atoms with van der Waals surface area (Å²) in [5.41, 5.74) is 0.108. The minimum atomic E-state index is -3.88. The van der Waals surface area contributed by atoms with Crippen molar-refractivity contribution >= 4 is 37.2 Å². The molecular weight excluding hydrogens is 321 g/mol. The lowest BCUT2D eigenvalue weighted by Crippen LogP contribution is -2.32. The van der Waals surface area contributed by atoms with Crippen LogP contribution in [0.4, 0.5) is 0 Å². The molecule has 0 saturated heterocycles. The van der Waals surface area contributed by atoms with Crippen LogP contribution in [0.25, 0.3) is 0 Å². The van der Waals surface area contributed by atoms with E-state index >= 15 is 0 Å². The molecule has 1 unspecified atom stereocenters. The highest BCUT2D eigenvalue weighted by molar-refractivity contribution is 8.13. The molecule has 1 N–H and O–H groups in total. The fraction of sp³-hybridized carbons (Fsp3) is 0.462. The van der Waals surface area contributed by atoms with Gasteiger partial charge in [-0.25, -0.2) is 8.42 Å². The Hall–Kier alpha value is -0.780. The highest BCUT2D eigenvalue weighted by Gasteiger charge is 2.17. The van der Waals surface area contributed by atoms with Crippen molar-refractivity contribution in [2.45, 2.75) is 44.0 Å². The molecule has 1 aromatic carbocycles. The first-order valence-electron chi connectivity index (χ1n) is 6.30. The average molecular weight is 338 g/mol. The van der Waals surface area contributed by atoms with E-state index in [1.54, 1.807) is 0 Å². The molecule has 0 aliphatic rings. The number of halogens is 2. The van der Waals surface area contributed by atoms with E-state index in [0.29, 0.717) is 0 Å². The van der Waals surface area contributed by atoms with Crippen LogP contribution in [0, 0.1) is 0 Å². The van der Waals surface area contributed by atoms with Crippen LogP contribution in [0.1, 0.15) is 43.5 Å². The Kier molecular flexibility index (Phi) is 6.30. The summed E-state index contributed by atoms with van der Waals surface area (Å²) in [6, 6.07) is 3.80. The van der Waals surface area contributed by atoms with Gasteiger partial charge in [0.25, 0.3) is 15.0 Å². The predicted molar refractivity (Wildman–Crippen MR) is 80.9 cm³/mol. The second-order valence-electron chi connectivity index (χ2n) is 4.60. The van der Waals surface area contributed by atoms with Gasteiger partial charge in [-0.2, -0.15) is 0 Å². The number of hydrogen-bond acceptors (Lipinski definition) is 3. The smallest absolute Gasteiger partial charge is 0.261 e. The Morgan fingerprint density at radius 2 is 2.05 bits per heavy atom. The van der Waals surface area contributed by atoms with Crippen molar-refractivity contribution in [1.29, 1.82) is 0 Å². The van der Waals surface area contributed by atoms with Crippen molar-refractivity contribution in [3.8, 4) is 0 Å². The second-order valence-corrected chi connectivity index (χ2v) is 7.57. The van der Waals surface area contributed by atoms with Gasteiger partial charge in [0.05, 0.1) is 15.5 Å². The Bertz CT molecular complexity index is 587. The maximum absolute atomic E-state index is 12.1. The van der Waals surface area contributed by atoms with Gasteiger partial charge in [0.15, 0.2) is 0 Å². The maximum atomic E-state index is 12.1. The largest absolute Gasteiger partial charge is 0.350 e. The predicted octanol–water partition coefficient (Wildman–Crippen LogP) is 3.58. The van der Waals surface area contributed by atoms with Crippen LogP contribution in [0.2, 0.25) is 5.02 Å². The zero-order valence-electron chi connectivity index (χ0n) is 11.3. The number of hydrogen-bond donors (Lipinski definition) is 1. The van der Waals surface area contributed by atoms with E-state index in [1.807, 2.05) is 6.92 Å². The van der Waals surface area contributed by atoms with Gasteiger partial charge in [-0.3, -0.25) is 4.79 Å². The van der Waals surface area contributed by atoms with Crippen molar-refractivity contribution in [3.63, 3.8) is 0 Å². The summed E-state index contributed by atoms with van der Waals surface area (Å²) in [6.07, 6.45) is 2.90. The summed E-state index contributed by atoms with van der Waals surface area (Å²) >= 11 is 5.93. The van der Waals surface area contributed by atoms with E-state index in [4.69, 9.17) is 22.3 Å². The molecule has 1 aromatic rings. The molecule has 0 radical (unpaired) electrons. The fourth-order valence-electron chi connectivity index (χ4n) is 1.71. The first-order chi connectivity index (χ1) is 9.25. The number of amides is 1. The first kappa shape index (κ1) is 17.3. The first-order valence-corrected chi connectivity index (χ1v) is 8.99. The normalized spacial score (nSPS) is 13.0. The van der Waals surface area contributed by atoms with E-state index in [0.717, 1.165) is 19.3 Å². The molecule has 20 heavy (non-hydrogen) atoms. The lowest BCUT2D eigenvalue weighted by atomic mass is 10.1. The Morgan fingerprint density at radius 1 is 1.40 bits per heavy atom. The van der Waals surface area contributed by atoms with Gasteiger partial charge in [0.2, 0.25) is 0 Å². The SMILES string of the molecule is CCCCC(C)NC(=O)c1cc(S(=O)(=O)Cl)ccc1Cl. The summed E-state index contributed by atoms with van der Waals surface area (Å²) in [5, 5.41) is 2.98. The summed E-state index contributed by atoms with van der Waals surface area (Å²) in [5.74, 6) is -0.402. The van der Waals surface area contributed by atoms with Crippen molar-refractivity contribution in [2.24, 2.45) is 0 Å². The number of unbranched alkanes of at least 4 members (excludes halogenated alkanes) is 1. The number of benzene rings is 1. The molecule has 1 amide bonds. The Balaban J connectivity index is 2.93. The Labute approximate surface area is 128 Å². The topological polar surface area (TPSA) is 63.2 Å². The van der Waals surface area contributed by atoms with Crippen LogP contribution in [-0.2, 0) is 9.05 Å². The van der Waals surface area contributed by atoms with Crippen LogP contribution in [-0.4, -0.2) is 20.4 Å². The van der Waals surface area contributed by atoms with Gasteiger partial charge >= 0.3 is 0 Å². The van der Waals surface area contributed by atoms with Gasteiger partial charge in [0.1, 0.15) is 0 Å². The Morgan fingerprint density at radius 3 is 2.60 bits per heavy atom. The van der Waals surface area contributed by atoms with Crippen LogP contribution in [0.3, 0.4) is 0 Å². The number of rotatable bonds is 6. The van der Waals surface area contributed by atoms with Crippen molar-refractivity contribution in [2.75, 3.05) is 0 Å². The molecule has 1 atom stereocenters. The van der Waals surface area contributed by atoms with E-state index in [2.05, 4.69) is 12.2 Å². The molecule has 0 aliphatic carbocycles. The zero-order valence-corrected chi connectivity index (χ0v) is 13.6. The van der Waals surface area contributed by atoms with Crippen LogP contribution >= 0.6 is 22.3 Å². The standard InChI is InChI=1S/C13H17Cl2NO3S/c1-3-4-5-9(2)16-13(17)11-8-10(20(15,18)19)6-7-12(11)14/h6-9H,3-5H2,1-2H3,(H,16,17). The van der Waals surface area contributed by atoms with Gasteiger partial charge in [-0.1, -0.05) is 31.4 Å². The molecule has 0 heterocycles. The average Bonchev–Trinajstić information content (AvgIpc) is 2.35. The number of carbonyl (C=O) groups excluding carboxylic acids is 1. The third kappa shape index (κ3) is 4.96. The number of nitrogens with one attached hydrogen (secondary N) is 1. The lowest BCUT2D eigenvalue weighted by Gasteiger charge is -2.14. The van der Waals surface area contributed by atoms with E-state index in [1.165, 1.54) is 18.2 Å². The molecule has 0 spiro atoms. The highest BCUT2D eigenvalue weighted by Crippen LogP contribution is 2.23. The van der Waals surface area contributed by atoms with Crippen molar-refractivity contribution in [1.82, 2.24) is 5.32 Å². The quantitative estimate of drug-likeness (QED) is 0.807. The third-order valence-electron chi connectivity index (χ3n) is 2.83. The molecule has 0 saturated carbocycles. The molecule has 1 rings (SSSR count). The van der Waals surface area contributed by atoms with Crippen LogP contribution < -0.4 is 5.32 Å². The van der Waals surface area contributed by atoms with Gasteiger partial charge in [0, 0.05) is 16.7 Å². The maximum Gasteiger partial charge on any atom is 0.261 e.